The fourth-order valence-electron chi connectivity index (χ4n) is 2.02. The summed E-state index contributed by atoms with van der Waals surface area (Å²) in [6.07, 6.45) is 0. The average molecular weight is 281 g/mol. The molecule has 0 bridgehead atoms. The van der Waals surface area contributed by atoms with Crippen LogP contribution in [-0.2, 0) is 5.75 Å². The lowest BCUT2D eigenvalue weighted by Gasteiger charge is -2.07. The number of hydrogen-bond acceptors (Lipinski definition) is 4. The van der Waals surface area contributed by atoms with Gasteiger partial charge >= 0.3 is 0 Å². The number of nitrogens with two attached hydrogens (primary N) is 1. The van der Waals surface area contributed by atoms with Crippen molar-refractivity contribution in [3.8, 4) is 0 Å². The molecule has 0 aliphatic heterocycles. The number of aryl methyl sites for hydroxylation is 1. The third kappa shape index (κ3) is 2.60. The highest BCUT2D eigenvalue weighted by Crippen LogP contribution is 2.27. The highest BCUT2D eigenvalue weighted by Gasteiger charge is 2.07. The number of nitrogen functional groups attached to an aromatic ring is 1. The molecule has 1 aromatic heterocycles. The Labute approximate surface area is 122 Å². The quantitative estimate of drug-likeness (QED) is 0.742. The van der Waals surface area contributed by atoms with Gasteiger partial charge in [-0.3, -0.25) is 0 Å². The number of hydrogen-bond donors (Lipinski definition) is 1. The van der Waals surface area contributed by atoms with Gasteiger partial charge in [0.15, 0.2) is 5.82 Å². The van der Waals surface area contributed by atoms with Gasteiger partial charge in [-0.2, -0.15) is 0 Å². The van der Waals surface area contributed by atoms with Gasteiger partial charge in [-0.05, 0) is 30.2 Å². The Kier molecular flexibility index (Phi) is 3.56. The maximum Gasteiger partial charge on any atom is 0.156 e. The Bertz CT molecular complexity index is 756. The van der Waals surface area contributed by atoms with Gasteiger partial charge in [0.25, 0.3) is 0 Å². The van der Waals surface area contributed by atoms with Crippen LogP contribution >= 0.6 is 11.8 Å². The minimum atomic E-state index is 0.502. The lowest BCUT2D eigenvalue weighted by molar-refractivity contribution is 1.13. The number of aromatic nitrogens is 2. The number of rotatable bonds is 3. The maximum absolute atomic E-state index is 5.99. The zero-order valence-corrected chi connectivity index (χ0v) is 12.0. The molecule has 100 valence electrons. The first-order valence-electron chi connectivity index (χ1n) is 6.43. The van der Waals surface area contributed by atoms with E-state index in [4.69, 9.17) is 5.73 Å². The van der Waals surface area contributed by atoms with Gasteiger partial charge in [0, 0.05) is 5.75 Å². The number of anilines is 1. The molecule has 0 saturated carbocycles. The Morgan fingerprint density at radius 2 is 1.60 bits per heavy atom. The molecule has 0 saturated heterocycles. The van der Waals surface area contributed by atoms with Crippen LogP contribution in [0.5, 0.6) is 0 Å². The number of thioether (sulfide) groups is 1. The third-order valence-electron chi connectivity index (χ3n) is 3.19. The van der Waals surface area contributed by atoms with Crippen molar-refractivity contribution in [1.29, 1.82) is 0 Å². The molecule has 2 aromatic carbocycles. The van der Waals surface area contributed by atoms with E-state index in [0.717, 1.165) is 21.8 Å². The smallest absolute Gasteiger partial charge is 0.156 e. The minimum Gasteiger partial charge on any atom is -0.381 e. The van der Waals surface area contributed by atoms with E-state index in [1.54, 1.807) is 11.8 Å². The summed E-state index contributed by atoms with van der Waals surface area (Å²) in [7, 11) is 0. The van der Waals surface area contributed by atoms with Crippen LogP contribution in [0, 0.1) is 6.92 Å². The standard InChI is InChI=1S/C16H15N3S/c1-11-6-2-3-7-12(11)10-20-16-15(17)18-13-8-4-5-9-14(13)19-16/h2-9H,10H2,1H3,(H2,17,18). The maximum atomic E-state index is 5.99. The molecule has 20 heavy (non-hydrogen) atoms. The fraction of sp³-hybridized carbons (Fsp3) is 0.125. The predicted molar refractivity (Wildman–Crippen MR) is 84.7 cm³/mol. The van der Waals surface area contributed by atoms with Crippen molar-refractivity contribution < 1.29 is 0 Å². The van der Waals surface area contributed by atoms with Gasteiger partial charge in [-0.1, -0.05) is 48.2 Å². The normalized spacial score (nSPS) is 10.8. The zero-order valence-electron chi connectivity index (χ0n) is 11.2. The molecule has 0 unspecified atom stereocenters. The molecule has 3 nitrogen and oxygen atoms in total. The van der Waals surface area contributed by atoms with Gasteiger partial charge in [0.2, 0.25) is 0 Å². The van der Waals surface area contributed by atoms with Gasteiger partial charge < -0.3 is 5.73 Å². The van der Waals surface area contributed by atoms with Crippen molar-refractivity contribution >= 4 is 28.6 Å². The lowest BCUT2D eigenvalue weighted by atomic mass is 10.1. The first-order valence-corrected chi connectivity index (χ1v) is 7.42. The van der Waals surface area contributed by atoms with E-state index < -0.39 is 0 Å². The molecule has 1 heterocycles. The second-order valence-electron chi connectivity index (χ2n) is 4.62. The van der Waals surface area contributed by atoms with E-state index in [1.807, 2.05) is 30.3 Å². The molecular weight excluding hydrogens is 266 g/mol. The van der Waals surface area contributed by atoms with Crippen LogP contribution < -0.4 is 5.73 Å². The second-order valence-corrected chi connectivity index (χ2v) is 5.58. The molecule has 0 atom stereocenters. The largest absolute Gasteiger partial charge is 0.381 e. The molecule has 3 rings (SSSR count). The van der Waals surface area contributed by atoms with Crippen LogP contribution in [0.2, 0.25) is 0 Å². The average Bonchev–Trinajstić information content (AvgIpc) is 2.46. The molecule has 0 aliphatic carbocycles. The monoisotopic (exact) mass is 281 g/mol. The molecule has 2 N–H and O–H groups in total. The van der Waals surface area contributed by atoms with Crippen molar-refractivity contribution in [2.75, 3.05) is 5.73 Å². The van der Waals surface area contributed by atoms with Gasteiger partial charge in [0.1, 0.15) is 5.03 Å². The third-order valence-corrected chi connectivity index (χ3v) is 4.22. The summed E-state index contributed by atoms with van der Waals surface area (Å²) in [5.74, 6) is 1.35. The van der Waals surface area contributed by atoms with Crippen molar-refractivity contribution in [3.05, 3.63) is 59.7 Å². The van der Waals surface area contributed by atoms with Crippen LogP contribution in [0.4, 0.5) is 5.82 Å². The van der Waals surface area contributed by atoms with Crippen LogP contribution in [0.1, 0.15) is 11.1 Å². The van der Waals surface area contributed by atoms with E-state index in [9.17, 15) is 0 Å². The summed E-state index contributed by atoms with van der Waals surface area (Å²) >= 11 is 1.63. The summed E-state index contributed by atoms with van der Waals surface area (Å²) < 4.78 is 0. The highest BCUT2D eigenvalue weighted by molar-refractivity contribution is 7.98. The lowest BCUT2D eigenvalue weighted by Crippen LogP contribution is -1.98. The summed E-state index contributed by atoms with van der Waals surface area (Å²) in [4.78, 5) is 9.00. The minimum absolute atomic E-state index is 0.502. The second kappa shape index (κ2) is 5.51. The topological polar surface area (TPSA) is 51.8 Å². The Morgan fingerprint density at radius 1 is 0.950 bits per heavy atom. The Hall–Kier alpha value is -2.07. The summed E-state index contributed by atoms with van der Waals surface area (Å²) in [5, 5.41) is 0.798. The molecule has 3 aromatic rings. The Morgan fingerprint density at radius 3 is 2.35 bits per heavy atom. The van der Waals surface area contributed by atoms with E-state index >= 15 is 0 Å². The molecule has 0 amide bonds. The molecule has 0 fully saturated rings. The van der Waals surface area contributed by atoms with Crippen LogP contribution in [0.15, 0.2) is 53.6 Å². The van der Waals surface area contributed by atoms with E-state index in [2.05, 4.69) is 35.1 Å². The van der Waals surface area contributed by atoms with Crippen LogP contribution in [-0.4, -0.2) is 9.97 Å². The molecule has 4 heteroatoms. The van der Waals surface area contributed by atoms with Gasteiger partial charge in [-0.15, -0.1) is 0 Å². The van der Waals surface area contributed by atoms with Crippen molar-refractivity contribution in [1.82, 2.24) is 9.97 Å². The first-order chi connectivity index (χ1) is 9.74. The number of para-hydroxylation sites is 2. The SMILES string of the molecule is Cc1ccccc1CSc1nc2ccccc2nc1N. The van der Waals surface area contributed by atoms with Crippen molar-refractivity contribution in [3.63, 3.8) is 0 Å². The van der Waals surface area contributed by atoms with E-state index in [0.29, 0.717) is 5.82 Å². The van der Waals surface area contributed by atoms with Crippen molar-refractivity contribution in [2.24, 2.45) is 0 Å². The summed E-state index contributed by atoms with van der Waals surface area (Å²) in [5.41, 5.74) is 10.3. The van der Waals surface area contributed by atoms with Crippen molar-refractivity contribution in [2.45, 2.75) is 17.7 Å². The molecule has 0 aliphatic rings. The van der Waals surface area contributed by atoms with Gasteiger partial charge in [-0.25, -0.2) is 9.97 Å². The van der Waals surface area contributed by atoms with E-state index in [-0.39, 0.29) is 0 Å². The van der Waals surface area contributed by atoms with E-state index in [1.165, 1.54) is 11.1 Å². The highest BCUT2D eigenvalue weighted by atomic mass is 32.2. The van der Waals surface area contributed by atoms with Gasteiger partial charge in [0.05, 0.1) is 11.0 Å². The fourth-order valence-corrected chi connectivity index (χ4v) is 2.99. The number of benzene rings is 2. The summed E-state index contributed by atoms with van der Waals surface area (Å²) in [6, 6.07) is 16.1. The summed E-state index contributed by atoms with van der Waals surface area (Å²) in [6.45, 7) is 2.12. The predicted octanol–water partition coefficient (Wildman–Crippen LogP) is 3.81. The van der Waals surface area contributed by atoms with Crippen LogP contribution in [0.25, 0.3) is 11.0 Å². The molecule has 0 radical (unpaired) electrons. The first kappa shape index (κ1) is 12.9. The number of nitrogens with zero attached hydrogens (tertiary/aromatic N) is 2. The van der Waals surface area contributed by atoms with Crippen LogP contribution in [0.3, 0.4) is 0 Å². The molecular formula is C16H15N3S. The number of fused-ring (bicyclic) bond motifs is 1. The Balaban J connectivity index is 1.87. The molecule has 0 spiro atoms. The zero-order chi connectivity index (χ0) is 13.9.